The zero-order chi connectivity index (χ0) is 13.1. The maximum atomic E-state index is 11.6. The first kappa shape index (κ1) is 14.0. The minimum absolute atomic E-state index is 0.0129. The average Bonchev–Trinajstić information content (AvgIpc) is 2.18. The summed E-state index contributed by atoms with van der Waals surface area (Å²) in [6, 6.07) is 5.30. The lowest BCUT2D eigenvalue weighted by atomic mass is 10.2. The van der Waals surface area contributed by atoms with Gasteiger partial charge < -0.3 is 15.8 Å². The number of benzene rings is 1. The topological polar surface area (TPSA) is 64.3 Å². The highest BCUT2D eigenvalue weighted by molar-refractivity contribution is 9.10. The lowest BCUT2D eigenvalue weighted by molar-refractivity contribution is -0.125. The lowest BCUT2D eigenvalue weighted by Crippen LogP contribution is -2.27. The van der Waals surface area contributed by atoms with Gasteiger partial charge in [-0.3, -0.25) is 4.79 Å². The highest BCUT2D eigenvalue weighted by Crippen LogP contribution is 2.22. The molecule has 1 aromatic rings. The SMILES string of the molecule is CC(C)(C)OCC(=O)Nc1ccc(Br)cc1N. The van der Waals surface area contributed by atoms with Gasteiger partial charge in [0, 0.05) is 4.47 Å². The largest absolute Gasteiger partial charge is 0.397 e. The number of anilines is 2. The second kappa shape index (κ2) is 5.51. The van der Waals surface area contributed by atoms with Crippen LogP contribution < -0.4 is 11.1 Å². The summed E-state index contributed by atoms with van der Waals surface area (Å²) in [5, 5.41) is 2.70. The van der Waals surface area contributed by atoms with Crippen LogP contribution in [0.25, 0.3) is 0 Å². The second-order valence-corrected chi connectivity index (χ2v) is 5.60. The standard InChI is InChI=1S/C12H17BrN2O2/c1-12(2,3)17-7-11(16)15-10-5-4-8(13)6-9(10)14/h4-6H,7,14H2,1-3H3,(H,15,16). The van der Waals surface area contributed by atoms with Gasteiger partial charge in [-0.05, 0) is 39.0 Å². The Morgan fingerprint density at radius 2 is 2.12 bits per heavy atom. The van der Waals surface area contributed by atoms with E-state index in [4.69, 9.17) is 10.5 Å². The molecule has 94 valence electrons. The van der Waals surface area contributed by atoms with Crippen molar-refractivity contribution in [1.82, 2.24) is 0 Å². The molecule has 0 aliphatic carbocycles. The summed E-state index contributed by atoms with van der Waals surface area (Å²) < 4.78 is 6.24. The molecule has 0 unspecified atom stereocenters. The van der Waals surface area contributed by atoms with Crippen LogP contribution in [-0.2, 0) is 9.53 Å². The molecular formula is C12H17BrN2O2. The minimum Gasteiger partial charge on any atom is -0.397 e. The number of nitrogen functional groups attached to an aromatic ring is 1. The molecule has 0 heterocycles. The number of carbonyl (C=O) groups is 1. The van der Waals surface area contributed by atoms with E-state index >= 15 is 0 Å². The number of ether oxygens (including phenoxy) is 1. The molecule has 0 spiro atoms. The summed E-state index contributed by atoms with van der Waals surface area (Å²) in [5.41, 5.74) is 6.55. The molecule has 0 atom stereocenters. The summed E-state index contributed by atoms with van der Waals surface area (Å²) in [7, 11) is 0. The minimum atomic E-state index is -0.331. The Morgan fingerprint density at radius 3 is 2.65 bits per heavy atom. The third-order valence-electron chi connectivity index (χ3n) is 1.92. The van der Waals surface area contributed by atoms with Gasteiger partial charge in [-0.25, -0.2) is 0 Å². The van der Waals surface area contributed by atoms with Gasteiger partial charge in [0.25, 0.3) is 0 Å². The maximum absolute atomic E-state index is 11.6. The number of amides is 1. The molecule has 0 saturated heterocycles. The van der Waals surface area contributed by atoms with Gasteiger partial charge in [0.15, 0.2) is 0 Å². The van der Waals surface area contributed by atoms with Crippen molar-refractivity contribution < 1.29 is 9.53 Å². The molecule has 1 aromatic carbocycles. The van der Waals surface area contributed by atoms with Crippen LogP contribution in [0.3, 0.4) is 0 Å². The van der Waals surface area contributed by atoms with Crippen molar-refractivity contribution in [1.29, 1.82) is 0 Å². The van der Waals surface area contributed by atoms with Crippen LogP contribution in [0.5, 0.6) is 0 Å². The molecule has 5 heteroatoms. The first-order valence-corrected chi connectivity index (χ1v) is 6.06. The van der Waals surface area contributed by atoms with E-state index < -0.39 is 0 Å². The predicted octanol–water partition coefficient (Wildman–Crippen LogP) is 2.78. The summed E-state index contributed by atoms with van der Waals surface area (Å²) >= 11 is 3.30. The molecule has 0 saturated carbocycles. The van der Waals surface area contributed by atoms with E-state index in [0.29, 0.717) is 11.4 Å². The van der Waals surface area contributed by atoms with Crippen LogP contribution in [0, 0.1) is 0 Å². The van der Waals surface area contributed by atoms with Gasteiger partial charge in [0.1, 0.15) is 6.61 Å². The third kappa shape index (κ3) is 5.19. The Labute approximate surface area is 110 Å². The summed E-state index contributed by atoms with van der Waals surface area (Å²) in [6.45, 7) is 5.70. The van der Waals surface area contributed by atoms with Crippen molar-refractivity contribution in [3.63, 3.8) is 0 Å². The van der Waals surface area contributed by atoms with E-state index in [2.05, 4.69) is 21.2 Å². The number of hydrogen-bond acceptors (Lipinski definition) is 3. The van der Waals surface area contributed by atoms with Crippen molar-refractivity contribution in [2.45, 2.75) is 26.4 Å². The van der Waals surface area contributed by atoms with E-state index in [-0.39, 0.29) is 18.1 Å². The van der Waals surface area contributed by atoms with E-state index in [1.54, 1.807) is 12.1 Å². The number of nitrogens with one attached hydrogen (secondary N) is 1. The molecule has 3 N–H and O–H groups in total. The summed E-state index contributed by atoms with van der Waals surface area (Å²) in [6.07, 6.45) is 0. The molecule has 0 fully saturated rings. The number of halogens is 1. The van der Waals surface area contributed by atoms with Gasteiger partial charge in [-0.15, -0.1) is 0 Å². The first-order valence-electron chi connectivity index (χ1n) is 5.27. The zero-order valence-corrected chi connectivity index (χ0v) is 11.8. The third-order valence-corrected chi connectivity index (χ3v) is 2.42. The van der Waals surface area contributed by atoms with Gasteiger partial charge >= 0.3 is 0 Å². The fourth-order valence-corrected chi connectivity index (χ4v) is 1.49. The van der Waals surface area contributed by atoms with Crippen LogP contribution in [0.1, 0.15) is 20.8 Å². The van der Waals surface area contributed by atoms with E-state index in [1.165, 1.54) is 0 Å². The van der Waals surface area contributed by atoms with Gasteiger partial charge in [0.05, 0.1) is 17.0 Å². The van der Waals surface area contributed by atoms with Crippen molar-refractivity contribution in [3.05, 3.63) is 22.7 Å². The Kier molecular flexibility index (Phi) is 4.54. The monoisotopic (exact) mass is 300 g/mol. The van der Waals surface area contributed by atoms with Crippen LogP contribution in [0.4, 0.5) is 11.4 Å². The molecule has 0 aliphatic rings. The van der Waals surface area contributed by atoms with E-state index in [0.717, 1.165) is 4.47 Å². The van der Waals surface area contributed by atoms with Crippen molar-refractivity contribution in [2.75, 3.05) is 17.7 Å². The number of rotatable bonds is 3. The molecule has 17 heavy (non-hydrogen) atoms. The number of carbonyl (C=O) groups excluding carboxylic acids is 1. The molecule has 0 radical (unpaired) electrons. The summed E-state index contributed by atoms with van der Waals surface area (Å²) in [4.78, 5) is 11.6. The highest BCUT2D eigenvalue weighted by atomic mass is 79.9. The van der Waals surface area contributed by atoms with Crippen molar-refractivity contribution >= 4 is 33.2 Å². The molecule has 0 bridgehead atoms. The van der Waals surface area contributed by atoms with Crippen molar-refractivity contribution in [3.8, 4) is 0 Å². The highest BCUT2D eigenvalue weighted by Gasteiger charge is 2.13. The molecule has 1 rings (SSSR count). The van der Waals surface area contributed by atoms with E-state index in [9.17, 15) is 4.79 Å². The molecule has 0 aromatic heterocycles. The first-order chi connectivity index (χ1) is 7.78. The molecular weight excluding hydrogens is 284 g/mol. The maximum Gasteiger partial charge on any atom is 0.250 e. The smallest absolute Gasteiger partial charge is 0.250 e. The quantitative estimate of drug-likeness (QED) is 0.844. The van der Waals surface area contributed by atoms with Crippen LogP contribution in [-0.4, -0.2) is 18.1 Å². The van der Waals surface area contributed by atoms with Crippen molar-refractivity contribution in [2.24, 2.45) is 0 Å². The zero-order valence-electron chi connectivity index (χ0n) is 10.2. The Balaban J connectivity index is 2.57. The molecule has 1 amide bonds. The fraction of sp³-hybridized carbons (Fsp3) is 0.417. The van der Waals surface area contributed by atoms with Gasteiger partial charge in [-0.1, -0.05) is 15.9 Å². The fourth-order valence-electron chi connectivity index (χ4n) is 1.12. The average molecular weight is 301 g/mol. The normalized spacial score (nSPS) is 11.3. The predicted molar refractivity (Wildman–Crippen MR) is 72.9 cm³/mol. The van der Waals surface area contributed by atoms with Crippen LogP contribution in [0.2, 0.25) is 0 Å². The molecule has 0 aliphatic heterocycles. The number of hydrogen-bond donors (Lipinski definition) is 2. The Hall–Kier alpha value is -1.07. The molecule has 4 nitrogen and oxygen atoms in total. The Morgan fingerprint density at radius 1 is 1.47 bits per heavy atom. The van der Waals surface area contributed by atoms with Crippen LogP contribution in [0.15, 0.2) is 22.7 Å². The van der Waals surface area contributed by atoms with Gasteiger partial charge in [-0.2, -0.15) is 0 Å². The second-order valence-electron chi connectivity index (χ2n) is 4.68. The van der Waals surface area contributed by atoms with Crippen LogP contribution >= 0.6 is 15.9 Å². The van der Waals surface area contributed by atoms with Gasteiger partial charge in [0.2, 0.25) is 5.91 Å². The number of nitrogens with two attached hydrogens (primary N) is 1. The lowest BCUT2D eigenvalue weighted by Gasteiger charge is -2.19. The summed E-state index contributed by atoms with van der Waals surface area (Å²) in [5.74, 6) is -0.214. The van der Waals surface area contributed by atoms with E-state index in [1.807, 2.05) is 26.8 Å². The Bertz CT molecular complexity index is 413.